The second-order valence-electron chi connectivity index (χ2n) is 7.10. The number of hydrogen-bond donors (Lipinski definition) is 0. The minimum atomic E-state index is -0.342. The molecule has 1 heterocycles. The topological polar surface area (TPSA) is 49.6 Å². The third-order valence-corrected chi connectivity index (χ3v) is 5.71. The minimum absolute atomic E-state index is 0.164. The van der Waals surface area contributed by atoms with Gasteiger partial charge in [0.2, 0.25) is 0 Å². The Morgan fingerprint density at radius 3 is 2.35 bits per heavy atom. The van der Waals surface area contributed by atoms with Crippen LogP contribution in [0, 0.1) is 27.9 Å². The molecule has 0 unspecified atom stereocenters. The number of non-ortho nitro benzene ring substituents is 1. The fraction of sp³-hybridized carbons (Fsp3) is 0.556. The second-order valence-corrected chi connectivity index (χ2v) is 7.10. The van der Waals surface area contributed by atoms with Crippen LogP contribution in [0.15, 0.2) is 36.4 Å². The molecule has 2 fully saturated rings. The van der Waals surface area contributed by atoms with Crippen LogP contribution in [-0.2, 0) is 0 Å². The van der Waals surface area contributed by atoms with E-state index in [1.54, 1.807) is 12.1 Å². The Morgan fingerprint density at radius 1 is 1.04 bits per heavy atom. The Morgan fingerprint density at radius 2 is 1.78 bits per heavy atom. The predicted octanol–water partition coefficient (Wildman–Crippen LogP) is 2.93. The lowest BCUT2D eigenvalue weighted by atomic mass is 9.93. The lowest BCUT2D eigenvalue weighted by molar-refractivity contribution is -0.384. The van der Waals surface area contributed by atoms with Crippen LogP contribution in [0.3, 0.4) is 0 Å². The number of hydrogen-bond acceptors (Lipinski definition) is 4. The second kappa shape index (κ2) is 5.96. The summed E-state index contributed by atoms with van der Waals surface area (Å²) in [6.45, 7) is 5.44. The quantitative estimate of drug-likeness (QED) is 0.487. The summed E-state index contributed by atoms with van der Waals surface area (Å²) in [6, 6.07) is 6.94. The van der Waals surface area contributed by atoms with Crippen LogP contribution in [0.25, 0.3) is 0 Å². The molecule has 5 nitrogen and oxygen atoms in total. The van der Waals surface area contributed by atoms with E-state index in [0.717, 1.165) is 49.6 Å². The van der Waals surface area contributed by atoms with Crippen molar-refractivity contribution < 1.29 is 4.92 Å². The lowest BCUT2D eigenvalue weighted by Crippen LogP contribution is -2.48. The summed E-state index contributed by atoms with van der Waals surface area (Å²) in [5, 5.41) is 10.7. The van der Waals surface area contributed by atoms with E-state index in [4.69, 9.17) is 0 Å². The SMILES string of the molecule is O=[N+]([O-])c1ccc(N2CCN(C[C@@H]3C[C@@H]4C=C[C@H]3C4)CC2)cc1. The molecule has 4 rings (SSSR count). The number of nitro groups is 1. The number of anilines is 1. The molecular weight excluding hydrogens is 290 g/mol. The van der Waals surface area contributed by atoms with Gasteiger partial charge in [-0.05, 0) is 42.7 Å². The highest BCUT2D eigenvalue weighted by Gasteiger charge is 2.36. The van der Waals surface area contributed by atoms with Crippen molar-refractivity contribution in [1.29, 1.82) is 0 Å². The largest absolute Gasteiger partial charge is 0.369 e. The van der Waals surface area contributed by atoms with Gasteiger partial charge in [0.15, 0.2) is 0 Å². The first-order chi connectivity index (χ1) is 11.2. The van der Waals surface area contributed by atoms with Crippen LogP contribution in [0.5, 0.6) is 0 Å². The molecule has 0 spiro atoms. The molecule has 0 radical (unpaired) electrons. The third-order valence-electron chi connectivity index (χ3n) is 5.71. The first-order valence-electron chi connectivity index (χ1n) is 8.59. The van der Waals surface area contributed by atoms with Gasteiger partial charge >= 0.3 is 0 Å². The average molecular weight is 313 g/mol. The highest BCUT2D eigenvalue weighted by atomic mass is 16.6. The van der Waals surface area contributed by atoms with E-state index < -0.39 is 0 Å². The van der Waals surface area contributed by atoms with E-state index in [0.29, 0.717) is 0 Å². The highest BCUT2D eigenvalue weighted by molar-refractivity contribution is 5.51. The zero-order valence-electron chi connectivity index (χ0n) is 13.3. The van der Waals surface area contributed by atoms with Gasteiger partial charge in [-0.1, -0.05) is 12.2 Å². The van der Waals surface area contributed by atoms with Gasteiger partial charge < -0.3 is 4.90 Å². The maximum absolute atomic E-state index is 10.7. The Bertz CT molecular complexity index is 605. The summed E-state index contributed by atoms with van der Waals surface area (Å²) in [5.41, 5.74) is 1.26. The van der Waals surface area contributed by atoms with E-state index >= 15 is 0 Å². The molecule has 0 amide bonds. The molecule has 1 saturated heterocycles. The van der Waals surface area contributed by atoms with Crippen molar-refractivity contribution >= 4 is 11.4 Å². The Labute approximate surface area is 136 Å². The predicted molar refractivity (Wildman–Crippen MR) is 90.6 cm³/mol. The highest BCUT2D eigenvalue weighted by Crippen LogP contribution is 2.43. The van der Waals surface area contributed by atoms with Crippen molar-refractivity contribution in [3.63, 3.8) is 0 Å². The fourth-order valence-corrected chi connectivity index (χ4v) is 4.41. The van der Waals surface area contributed by atoms with Crippen LogP contribution >= 0.6 is 0 Å². The van der Waals surface area contributed by atoms with Crippen LogP contribution < -0.4 is 4.90 Å². The molecular formula is C18H23N3O2. The molecule has 3 aliphatic rings. The maximum atomic E-state index is 10.7. The van der Waals surface area contributed by atoms with Gasteiger partial charge in [0, 0.05) is 50.5 Å². The number of fused-ring (bicyclic) bond motifs is 2. The van der Waals surface area contributed by atoms with Gasteiger partial charge in [0.25, 0.3) is 5.69 Å². The van der Waals surface area contributed by atoms with E-state index in [1.165, 1.54) is 19.4 Å². The van der Waals surface area contributed by atoms with E-state index in [-0.39, 0.29) is 10.6 Å². The molecule has 1 aliphatic heterocycles. The van der Waals surface area contributed by atoms with Crippen LogP contribution in [0.2, 0.25) is 0 Å². The first kappa shape index (κ1) is 14.7. The van der Waals surface area contributed by atoms with Gasteiger partial charge in [-0.3, -0.25) is 15.0 Å². The molecule has 1 aromatic rings. The number of piperazine rings is 1. The van der Waals surface area contributed by atoms with Crippen molar-refractivity contribution in [2.75, 3.05) is 37.6 Å². The van der Waals surface area contributed by atoms with Gasteiger partial charge in [-0.2, -0.15) is 0 Å². The van der Waals surface area contributed by atoms with Crippen LogP contribution in [0.4, 0.5) is 11.4 Å². The zero-order valence-corrected chi connectivity index (χ0v) is 13.3. The molecule has 3 atom stereocenters. The first-order valence-corrected chi connectivity index (χ1v) is 8.59. The van der Waals surface area contributed by atoms with Crippen molar-refractivity contribution in [3.8, 4) is 0 Å². The number of rotatable bonds is 4. The maximum Gasteiger partial charge on any atom is 0.269 e. The van der Waals surface area contributed by atoms with Crippen LogP contribution in [-0.4, -0.2) is 42.5 Å². The molecule has 0 N–H and O–H groups in total. The number of allylic oxidation sites excluding steroid dienone is 2. The fourth-order valence-electron chi connectivity index (χ4n) is 4.41. The van der Waals surface area contributed by atoms with Gasteiger partial charge in [0.05, 0.1) is 4.92 Å². The normalized spacial score (nSPS) is 30.1. The Balaban J connectivity index is 1.30. The van der Waals surface area contributed by atoms with E-state index in [1.807, 2.05) is 12.1 Å². The van der Waals surface area contributed by atoms with E-state index in [9.17, 15) is 10.1 Å². The molecule has 0 aromatic heterocycles. The van der Waals surface area contributed by atoms with Crippen molar-refractivity contribution in [2.24, 2.45) is 17.8 Å². The lowest BCUT2D eigenvalue weighted by Gasteiger charge is -2.38. The van der Waals surface area contributed by atoms with Gasteiger partial charge in [-0.25, -0.2) is 0 Å². The van der Waals surface area contributed by atoms with Crippen molar-refractivity contribution in [1.82, 2.24) is 4.90 Å². The molecule has 5 heteroatoms. The number of nitro benzene ring substituents is 1. The number of benzene rings is 1. The average Bonchev–Trinajstić information content (AvgIpc) is 3.18. The van der Waals surface area contributed by atoms with Crippen molar-refractivity contribution in [2.45, 2.75) is 12.8 Å². The molecule has 122 valence electrons. The smallest absolute Gasteiger partial charge is 0.269 e. The van der Waals surface area contributed by atoms with Gasteiger partial charge in [-0.15, -0.1) is 0 Å². The Kier molecular flexibility index (Phi) is 3.81. The summed E-state index contributed by atoms with van der Waals surface area (Å²) in [6.07, 6.45) is 7.61. The van der Waals surface area contributed by atoms with Crippen molar-refractivity contribution in [3.05, 3.63) is 46.5 Å². The van der Waals surface area contributed by atoms with Gasteiger partial charge in [0.1, 0.15) is 0 Å². The van der Waals surface area contributed by atoms with Crippen LogP contribution in [0.1, 0.15) is 12.8 Å². The third kappa shape index (κ3) is 2.98. The monoisotopic (exact) mass is 313 g/mol. The molecule has 2 bridgehead atoms. The summed E-state index contributed by atoms with van der Waals surface area (Å²) < 4.78 is 0. The molecule has 23 heavy (non-hydrogen) atoms. The minimum Gasteiger partial charge on any atom is -0.369 e. The zero-order chi connectivity index (χ0) is 15.8. The summed E-state index contributed by atoms with van der Waals surface area (Å²) in [7, 11) is 0. The standard InChI is InChI=1S/C18H23N3O2/c22-21(23)18-5-3-17(4-6-18)20-9-7-19(8-10-20)13-16-12-14-1-2-15(16)11-14/h1-6,14-16H,7-13H2/t14-,15+,16+/m1/s1. The summed E-state index contributed by atoms with van der Waals surface area (Å²) in [4.78, 5) is 15.3. The molecule has 1 saturated carbocycles. The molecule has 1 aromatic carbocycles. The Hall–Kier alpha value is -1.88. The molecule has 2 aliphatic carbocycles. The summed E-state index contributed by atoms with van der Waals surface area (Å²) in [5.74, 6) is 2.54. The van der Waals surface area contributed by atoms with E-state index in [2.05, 4.69) is 22.0 Å². The number of nitrogens with zero attached hydrogens (tertiary/aromatic N) is 3. The summed E-state index contributed by atoms with van der Waals surface area (Å²) >= 11 is 0.